The van der Waals surface area contributed by atoms with Crippen molar-refractivity contribution < 1.29 is 13.9 Å². The summed E-state index contributed by atoms with van der Waals surface area (Å²) in [5.41, 5.74) is 4.43. The minimum absolute atomic E-state index is 0.113. The van der Waals surface area contributed by atoms with Crippen molar-refractivity contribution in [3.05, 3.63) is 96.3 Å². The fourth-order valence-electron chi connectivity index (χ4n) is 4.04. The number of rotatable bonds is 5. The fraction of sp³-hybridized carbons (Fsp3) is 0.231. The molecule has 4 aromatic rings. The molecule has 1 aliphatic heterocycles. The van der Waals surface area contributed by atoms with Gasteiger partial charge in [-0.3, -0.25) is 4.98 Å². The van der Waals surface area contributed by atoms with Crippen LogP contribution >= 0.6 is 0 Å². The Bertz CT molecular complexity index is 1170. The Kier molecular flexibility index (Phi) is 5.55. The second-order valence-corrected chi connectivity index (χ2v) is 8.52. The van der Waals surface area contributed by atoms with Crippen molar-refractivity contribution in [2.75, 3.05) is 13.2 Å². The van der Waals surface area contributed by atoms with Crippen LogP contribution in [0.5, 0.6) is 0 Å². The number of imidazole rings is 1. The molecule has 0 saturated carbocycles. The predicted molar refractivity (Wildman–Crippen MR) is 120 cm³/mol. The summed E-state index contributed by atoms with van der Waals surface area (Å²) >= 11 is 0. The first kappa shape index (κ1) is 20.5. The number of pyridine rings is 1. The molecule has 5 rings (SSSR count). The number of nitrogens with one attached hydrogen (secondary N) is 1. The van der Waals surface area contributed by atoms with E-state index in [9.17, 15) is 4.39 Å². The van der Waals surface area contributed by atoms with Gasteiger partial charge in [-0.25, -0.2) is 9.37 Å². The van der Waals surface area contributed by atoms with Gasteiger partial charge in [0, 0.05) is 28.9 Å². The highest BCUT2D eigenvalue weighted by molar-refractivity contribution is 5.78. The molecule has 0 aliphatic carbocycles. The smallest absolute Gasteiger partial charge is 0.217 e. The van der Waals surface area contributed by atoms with Crippen LogP contribution in [-0.4, -0.2) is 28.2 Å². The second-order valence-electron chi connectivity index (χ2n) is 8.52. The van der Waals surface area contributed by atoms with E-state index in [-0.39, 0.29) is 11.2 Å². The molecule has 2 aromatic carbocycles. The first-order valence-electron chi connectivity index (χ1n) is 10.6. The fourth-order valence-corrected chi connectivity index (χ4v) is 4.04. The standard InChI is InChI=1S/C26H24FN3O2/c1-26(15-18-5-3-2-4-6-18)16-31-25(32-17-26)24-29-22(19-7-9-21(27)10-8-19)23(30-24)20-11-13-28-14-12-20/h2-14,25H,15-17H2,1H3,(H,29,30). The second kappa shape index (κ2) is 8.65. The molecule has 3 heterocycles. The van der Waals surface area contributed by atoms with E-state index in [4.69, 9.17) is 14.5 Å². The molecule has 0 bridgehead atoms. The third kappa shape index (κ3) is 4.33. The van der Waals surface area contributed by atoms with Gasteiger partial charge in [-0.1, -0.05) is 37.3 Å². The number of benzene rings is 2. The van der Waals surface area contributed by atoms with E-state index in [0.717, 1.165) is 28.9 Å². The van der Waals surface area contributed by atoms with Gasteiger partial charge in [0.25, 0.3) is 0 Å². The van der Waals surface area contributed by atoms with Crippen molar-refractivity contribution in [1.82, 2.24) is 15.0 Å². The Morgan fingerprint density at radius 3 is 2.31 bits per heavy atom. The van der Waals surface area contributed by atoms with E-state index >= 15 is 0 Å². The molecule has 0 spiro atoms. The van der Waals surface area contributed by atoms with Crippen LogP contribution in [0.4, 0.5) is 4.39 Å². The first-order chi connectivity index (χ1) is 15.6. The molecular weight excluding hydrogens is 405 g/mol. The van der Waals surface area contributed by atoms with E-state index in [0.29, 0.717) is 19.0 Å². The zero-order chi connectivity index (χ0) is 22.0. The lowest BCUT2D eigenvalue weighted by molar-refractivity contribution is -0.233. The molecule has 0 amide bonds. The summed E-state index contributed by atoms with van der Waals surface area (Å²) < 4.78 is 25.7. The monoisotopic (exact) mass is 429 g/mol. The zero-order valence-electron chi connectivity index (χ0n) is 17.8. The van der Waals surface area contributed by atoms with E-state index in [1.807, 2.05) is 30.3 Å². The predicted octanol–water partition coefficient (Wildman–Crippen LogP) is 5.57. The zero-order valence-corrected chi connectivity index (χ0v) is 17.8. The van der Waals surface area contributed by atoms with Gasteiger partial charge in [0.2, 0.25) is 6.29 Å². The van der Waals surface area contributed by atoms with Gasteiger partial charge in [-0.2, -0.15) is 0 Å². The van der Waals surface area contributed by atoms with Gasteiger partial charge in [-0.05, 0) is 48.4 Å². The Labute approximate surface area is 186 Å². The highest BCUT2D eigenvalue weighted by Gasteiger charge is 2.35. The molecule has 0 atom stereocenters. The largest absolute Gasteiger partial charge is 0.345 e. The lowest BCUT2D eigenvalue weighted by atomic mass is 9.84. The van der Waals surface area contributed by atoms with E-state index in [2.05, 4.69) is 29.0 Å². The number of H-pyrrole nitrogens is 1. The summed E-state index contributed by atoms with van der Waals surface area (Å²) in [7, 11) is 0. The molecule has 2 aromatic heterocycles. The van der Waals surface area contributed by atoms with Gasteiger partial charge >= 0.3 is 0 Å². The SMILES string of the molecule is CC1(Cc2ccccc2)COC(c2nc(-c3ccc(F)cc3)c(-c3ccncc3)[nH]2)OC1. The molecule has 32 heavy (non-hydrogen) atoms. The van der Waals surface area contributed by atoms with Crippen LogP contribution < -0.4 is 0 Å². The Morgan fingerprint density at radius 2 is 1.62 bits per heavy atom. The number of halogens is 1. The summed E-state index contributed by atoms with van der Waals surface area (Å²) in [4.78, 5) is 12.3. The molecule has 5 nitrogen and oxygen atoms in total. The van der Waals surface area contributed by atoms with Crippen LogP contribution in [0.15, 0.2) is 79.1 Å². The third-order valence-corrected chi connectivity index (χ3v) is 5.67. The molecule has 162 valence electrons. The maximum atomic E-state index is 13.5. The quantitative estimate of drug-likeness (QED) is 0.450. The van der Waals surface area contributed by atoms with Crippen LogP contribution in [0.1, 0.15) is 24.6 Å². The number of hydrogen-bond donors (Lipinski definition) is 1. The molecule has 0 radical (unpaired) electrons. The Hall–Kier alpha value is -3.35. The van der Waals surface area contributed by atoms with Crippen molar-refractivity contribution in [3.8, 4) is 22.5 Å². The number of ether oxygens (including phenoxy) is 2. The average molecular weight is 429 g/mol. The lowest BCUT2D eigenvalue weighted by Gasteiger charge is -2.36. The van der Waals surface area contributed by atoms with Crippen LogP contribution in [0.2, 0.25) is 0 Å². The van der Waals surface area contributed by atoms with Crippen molar-refractivity contribution in [1.29, 1.82) is 0 Å². The minimum atomic E-state index is -0.589. The summed E-state index contributed by atoms with van der Waals surface area (Å²) in [6.45, 7) is 3.29. The highest BCUT2D eigenvalue weighted by Crippen LogP contribution is 2.36. The number of hydrogen-bond acceptors (Lipinski definition) is 4. The van der Waals surface area contributed by atoms with Gasteiger partial charge in [-0.15, -0.1) is 0 Å². The van der Waals surface area contributed by atoms with Crippen molar-refractivity contribution in [2.45, 2.75) is 19.6 Å². The molecule has 1 saturated heterocycles. The maximum absolute atomic E-state index is 13.5. The van der Waals surface area contributed by atoms with Crippen LogP contribution in [0, 0.1) is 11.2 Å². The van der Waals surface area contributed by atoms with Crippen LogP contribution in [0.3, 0.4) is 0 Å². The Morgan fingerprint density at radius 1 is 0.938 bits per heavy atom. The van der Waals surface area contributed by atoms with Crippen LogP contribution in [0.25, 0.3) is 22.5 Å². The van der Waals surface area contributed by atoms with E-state index in [1.165, 1.54) is 17.7 Å². The van der Waals surface area contributed by atoms with Crippen LogP contribution in [-0.2, 0) is 15.9 Å². The number of aromatic nitrogens is 3. The summed E-state index contributed by atoms with van der Waals surface area (Å²) in [5.74, 6) is 0.310. The third-order valence-electron chi connectivity index (χ3n) is 5.67. The van der Waals surface area contributed by atoms with E-state index in [1.54, 1.807) is 24.5 Å². The lowest BCUT2D eigenvalue weighted by Crippen LogP contribution is -2.38. The molecule has 0 unspecified atom stereocenters. The summed E-state index contributed by atoms with van der Waals surface area (Å²) in [6.07, 6.45) is 3.75. The molecule has 6 heteroatoms. The van der Waals surface area contributed by atoms with Crippen molar-refractivity contribution >= 4 is 0 Å². The highest BCUT2D eigenvalue weighted by atomic mass is 19.1. The Balaban J connectivity index is 1.40. The first-order valence-corrected chi connectivity index (χ1v) is 10.6. The van der Waals surface area contributed by atoms with Gasteiger partial charge < -0.3 is 14.5 Å². The van der Waals surface area contributed by atoms with Crippen molar-refractivity contribution in [3.63, 3.8) is 0 Å². The normalized spacial score (nSPS) is 20.9. The summed E-state index contributed by atoms with van der Waals surface area (Å²) in [5, 5.41) is 0. The van der Waals surface area contributed by atoms with Crippen molar-refractivity contribution in [2.24, 2.45) is 5.41 Å². The minimum Gasteiger partial charge on any atom is -0.345 e. The summed E-state index contributed by atoms with van der Waals surface area (Å²) in [6, 6.07) is 20.5. The molecular formula is C26H24FN3O2. The van der Waals surface area contributed by atoms with Gasteiger partial charge in [0.1, 0.15) is 5.82 Å². The van der Waals surface area contributed by atoms with Gasteiger partial charge in [0.05, 0.1) is 24.6 Å². The number of nitrogens with zero attached hydrogens (tertiary/aromatic N) is 2. The van der Waals surface area contributed by atoms with E-state index < -0.39 is 6.29 Å². The molecule has 1 aliphatic rings. The molecule has 1 N–H and O–H groups in total. The molecule has 1 fully saturated rings. The van der Waals surface area contributed by atoms with Gasteiger partial charge in [0.15, 0.2) is 5.82 Å². The average Bonchev–Trinajstić information content (AvgIpc) is 3.26. The maximum Gasteiger partial charge on any atom is 0.217 e. The number of aromatic amines is 1. The topological polar surface area (TPSA) is 60.0 Å².